The molecule has 246 valence electrons. The van der Waals surface area contributed by atoms with Gasteiger partial charge in [-0.05, 0) is 82.5 Å². The Labute approximate surface area is 260 Å². The van der Waals surface area contributed by atoms with E-state index in [1.54, 1.807) is 5.01 Å². The number of hydrazine groups is 1. The Morgan fingerprint density at radius 3 is 2.09 bits per heavy atom. The summed E-state index contributed by atoms with van der Waals surface area (Å²) >= 11 is 0. The van der Waals surface area contributed by atoms with Crippen LogP contribution in [0.25, 0.3) is 0 Å². The highest BCUT2D eigenvalue weighted by Gasteiger charge is 2.38. The molecule has 2 rings (SSSR count). The van der Waals surface area contributed by atoms with Gasteiger partial charge in [-0.2, -0.15) is 0 Å². The number of terminal acetylenes is 1. The zero-order valence-corrected chi connectivity index (χ0v) is 27.5. The summed E-state index contributed by atoms with van der Waals surface area (Å²) in [6.45, 7) is 12.3. The third-order valence-electron chi connectivity index (χ3n) is 8.93. The van der Waals surface area contributed by atoms with Crippen LogP contribution in [0.5, 0.6) is 0 Å². The number of amides is 3. The monoisotopic (exact) mass is 604 g/mol. The average molecular weight is 605 g/mol. The number of hydrogen-bond donors (Lipinski definition) is 4. The number of carbonyl (C=O) groups excluding carboxylic acids is 3. The maximum Gasteiger partial charge on any atom is 0.234 e. The molecule has 0 heterocycles. The molecular weight excluding hydrogens is 544 g/mol. The standard InChI is InChI=1S/C34H60N4O5/c1-7-15-37(16-8-2)34(43)28-20-25(10-4)19-27(22-28)33(42)35-30(21-26-11-13-29(39)14-12-26)31(40)23-38(17-9-3)36-32(41)18-24(5)6/h4,24-31,39-40H,7-9,11-23H2,1-3,5-6H3,(H,35,42)(H,36,41). The van der Waals surface area contributed by atoms with Gasteiger partial charge in [0.05, 0.1) is 18.2 Å². The molecule has 5 atom stereocenters. The van der Waals surface area contributed by atoms with Crippen molar-refractivity contribution in [3.63, 3.8) is 0 Å². The summed E-state index contributed by atoms with van der Waals surface area (Å²) in [6, 6.07) is -0.522. The molecule has 9 heteroatoms. The summed E-state index contributed by atoms with van der Waals surface area (Å²) in [7, 11) is 0. The largest absolute Gasteiger partial charge is 0.393 e. The fourth-order valence-corrected chi connectivity index (χ4v) is 6.76. The Hall–Kier alpha value is -2.15. The van der Waals surface area contributed by atoms with Gasteiger partial charge in [0.25, 0.3) is 0 Å². The van der Waals surface area contributed by atoms with E-state index in [1.807, 2.05) is 25.7 Å². The average Bonchev–Trinajstić information content (AvgIpc) is 2.96. The molecule has 0 aromatic carbocycles. The van der Waals surface area contributed by atoms with Crippen molar-refractivity contribution < 1.29 is 24.6 Å². The molecule has 0 aromatic rings. The van der Waals surface area contributed by atoms with Gasteiger partial charge in [-0.15, -0.1) is 12.3 Å². The van der Waals surface area contributed by atoms with Gasteiger partial charge in [-0.25, -0.2) is 5.01 Å². The Bertz CT molecular complexity index is 892. The van der Waals surface area contributed by atoms with E-state index < -0.39 is 18.1 Å². The lowest BCUT2D eigenvalue weighted by molar-refractivity contribution is -0.139. The Kier molecular flexibility index (Phi) is 16.6. The van der Waals surface area contributed by atoms with Crippen LogP contribution in [0.3, 0.4) is 0 Å². The van der Waals surface area contributed by atoms with E-state index in [1.165, 1.54) is 0 Å². The number of nitrogens with zero attached hydrogens (tertiary/aromatic N) is 2. The van der Waals surface area contributed by atoms with Crippen LogP contribution in [0.1, 0.15) is 112 Å². The molecule has 9 nitrogen and oxygen atoms in total. The van der Waals surface area contributed by atoms with Gasteiger partial charge >= 0.3 is 0 Å². The fourth-order valence-electron chi connectivity index (χ4n) is 6.76. The molecule has 0 aromatic heterocycles. The van der Waals surface area contributed by atoms with Crippen LogP contribution >= 0.6 is 0 Å². The summed E-state index contributed by atoms with van der Waals surface area (Å²) in [5, 5.41) is 26.5. The van der Waals surface area contributed by atoms with Gasteiger partial charge in [-0.3, -0.25) is 19.8 Å². The molecule has 0 aliphatic heterocycles. The highest BCUT2D eigenvalue weighted by Crippen LogP contribution is 2.35. The van der Waals surface area contributed by atoms with Crippen LogP contribution in [0, 0.1) is 41.9 Å². The number of carbonyl (C=O) groups is 3. The molecule has 43 heavy (non-hydrogen) atoms. The molecule has 0 saturated heterocycles. The molecule has 2 aliphatic rings. The zero-order chi connectivity index (χ0) is 31.9. The van der Waals surface area contributed by atoms with E-state index in [2.05, 4.69) is 30.5 Å². The normalized spacial score (nSPS) is 25.5. The SMILES string of the molecule is C#CC1CC(C(=O)NC(CC2CCC(O)CC2)C(O)CN(CCC)NC(=O)CC(C)C)CC(C(=O)N(CCC)CCC)C1. The van der Waals surface area contributed by atoms with Crippen molar-refractivity contribution in [3.8, 4) is 12.3 Å². The lowest BCUT2D eigenvalue weighted by Crippen LogP contribution is -2.54. The third kappa shape index (κ3) is 12.8. The van der Waals surface area contributed by atoms with Gasteiger partial charge in [0.1, 0.15) is 0 Å². The highest BCUT2D eigenvalue weighted by molar-refractivity contribution is 5.83. The minimum absolute atomic E-state index is 0.0871. The number of rotatable bonds is 17. The first-order valence-corrected chi connectivity index (χ1v) is 17.0. The smallest absolute Gasteiger partial charge is 0.234 e. The number of nitrogens with one attached hydrogen (secondary N) is 2. The second-order valence-electron chi connectivity index (χ2n) is 13.5. The molecule has 0 spiro atoms. The predicted octanol–water partition coefficient (Wildman–Crippen LogP) is 3.88. The summed E-state index contributed by atoms with van der Waals surface area (Å²) in [6.07, 6.45) is 12.9. The summed E-state index contributed by atoms with van der Waals surface area (Å²) in [4.78, 5) is 41.8. The van der Waals surface area contributed by atoms with Crippen molar-refractivity contribution >= 4 is 17.7 Å². The molecule has 2 fully saturated rings. The van der Waals surface area contributed by atoms with Gasteiger partial charge in [0, 0.05) is 50.4 Å². The summed E-state index contributed by atoms with van der Waals surface area (Å²) in [5.41, 5.74) is 2.95. The fraction of sp³-hybridized carbons (Fsp3) is 0.853. The molecule has 2 aliphatic carbocycles. The molecule has 4 N–H and O–H groups in total. The van der Waals surface area contributed by atoms with E-state index >= 15 is 0 Å². The first-order chi connectivity index (χ1) is 20.5. The number of hydrogen-bond acceptors (Lipinski definition) is 6. The van der Waals surface area contributed by atoms with E-state index in [0.717, 1.165) is 44.9 Å². The lowest BCUT2D eigenvalue weighted by Gasteiger charge is -2.37. The van der Waals surface area contributed by atoms with Gasteiger partial charge in [0.15, 0.2) is 0 Å². The van der Waals surface area contributed by atoms with E-state index in [4.69, 9.17) is 6.42 Å². The van der Waals surface area contributed by atoms with E-state index in [0.29, 0.717) is 51.7 Å². The van der Waals surface area contributed by atoms with Crippen LogP contribution in [0.2, 0.25) is 0 Å². The van der Waals surface area contributed by atoms with Crippen molar-refractivity contribution in [3.05, 3.63) is 0 Å². The van der Waals surface area contributed by atoms with Crippen molar-refractivity contribution in [1.29, 1.82) is 0 Å². The van der Waals surface area contributed by atoms with Crippen LogP contribution < -0.4 is 10.7 Å². The Morgan fingerprint density at radius 1 is 0.930 bits per heavy atom. The summed E-state index contributed by atoms with van der Waals surface area (Å²) in [5.74, 6) is 2.30. The first-order valence-electron chi connectivity index (χ1n) is 17.0. The second kappa shape index (κ2) is 19.3. The maximum absolute atomic E-state index is 13.8. The van der Waals surface area contributed by atoms with E-state index in [9.17, 15) is 24.6 Å². The van der Waals surface area contributed by atoms with Crippen molar-refractivity contribution in [2.45, 2.75) is 130 Å². The molecular formula is C34H60N4O5. The van der Waals surface area contributed by atoms with Crippen molar-refractivity contribution in [1.82, 2.24) is 20.7 Å². The minimum Gasteiger partial charge on any atom is -0.393 e. The topological polar surface area (TPSA) is 122 Å². The number of aliphatic hydroxyl groups is 2. The zero-order valence-electron chi connectivity index (χ0n) is 27.5. The van der Waals surface area contributed by atoms with Crippen molar-refractivity contribution in [2.75, 3.05) is 26.2 Å². The van der Waals surface area contributed by atoms with Crippen molar-refractivity contribution in [2.24, 2.45) is 29.6 Å². The predicted molar refractivity (Wildman–Crippen MR) is 170 cm³/mol. The van der Waals surface area contributed by atoms with Crippen LogP contribution in [0.4, 0.5) is 0 Å². The maximum atomic E-state index is 13.8. The van der Waals surface area contributed by atoms with Crippen LogP contribution in [0.15, 0.2) is 0 Å². The van der Waals surface area contributed by atoms with Gasteiger partial charge < -0.3 is 20.4 Å². The number of aliphatic hydroxyl groups excluding tert-OH is 2. The molecule has 0 bridgehead atoms. The lowest BCUT2D eigenvalue weighted by atomic mass is 9.74. The highest BCUT2D eigenvalue weighted by atomic mass is 16.3. The van der Waals surface area contributed by atoms with E-state index in [-0.39, 0.29) is 54.0 Å². The first kappa shape index (κ1) is 37.0. The van der Waals surface area contributed by atoms with Gasteiger partial charge in [-0.1, -0.05) is 34.6 Å². The molecule has 0 radical (unpaired) electrons. The molecule has 3 amide bonds. The Balaban J connectivity index is 2.19. The Morgan fingerprint density at radius 2 is 1.53 bits per heavy atom. The summed E-state index contributed by atoms with van der Waals surface area (Å²) < 4.78 is 0. The molecule has 5 unspecified atom stereocenters. The van der Waals surface area contributed by atoms with Gasteiger partial charge in [0.2, 0.25) is 17.7 Å². The third-order valence-corrected chi connectivity index (χ3v) is 8.93. The quantitative estimate of drug-likeness (QED) is 0.148. The van der Waals surface area contributed by atoms with Crippen LogP contribution in [-0.2, 0) is 14.4 Å². The second-order valence-corrected chi connectivity index (χ2v) is 13.5. The van der Waals surface area contributed by atoms with Crippen LogP contribution in [-0.4, -0.2) is 82.3 Å². The molecule has 2 saturated carbocycles. The minimum atomic E-state index is -0.907.